The molecule has 0 radical (unpaired) electrons. The molecule has 6 aromatic carbocycles. The molecule has 0 spiro atoms. The summed E-state index contributed by atoms with van der Waals surface area (Å²) in [7, 11) is 0. The molecule has 3 atom stereocenters. The SMILES string of the molecule is CC1C=Cc2cc(C3C=CC4=C(C3C)C(C)(C)c3cc(-c5ccc6ccc7cccc8ccc5c6c78)ccc34)ccc2C1. The second-order valence-electron chi connectivity index (χ2n) is 13.9. The molecular weight excluding hydrogens is 516 g/mol. The summed E-state index contributed by atoms with van der Waals surface area (Å²) < 4.78 is 0. The van der Waals surface area contributed by atoms with Crippen LogP contribution in [0.3, 0.4) is 0 Å². The molecule has 0 saturated heterocycles. The number of hydrogen-bond donors (Lipinski definition) is 0. The van der Waals surface area contributed by atoms with Crippen LogP contribution in [0.15, 0.2) is 115 Å². The van der Waals surface area contributed by atoms with Gasteiger partial charge in [-0.15, -0.1) is 0 Å². The Labute approximate surface area is 254 Å². The third-order valence-corrected chi connectivity index (χ3v) is 11.0. The molecule has 0 amide bonds. The van der Waals surface area contributed by atoms with Gasteiger partial charge in [-0.25, -0.2) is 0 Å². The maximum absolute atomic E-state index is 2.50. The standard InChI is InChI=1S/C43H36/c1-25-8-9-31-23-32(13-12-30(31)22-25)34-20-21-38-36-18-16-33(24-39(36)43(3,4)42(38)26(34)2)35-17-14-29-11-10-27-6-5-7-28-15-19-37(35)41(29)40(27)28/h5-21,23-26,34H,22H2,1-4H3. The lowest BCUT2D eigenvalue weighted by atomic mass is 9.68. The van der Waals surface area contributed by atoms with Crippen molar-refractivity contribution < 1.29 is 0 Å². The van der Waals surface area contributed by atoms with Gasteiger partial charge in [0.1, 0.15) is 0 Å². The van der Waals surface area contributed by atoms with Gasteiger partial charge in [-0.05, 0) is 107 Å². The monoisotopic (exact) mass is 552 g/mol. The number of rotatable bonds is 2. The lowest BCUT2D eigenvalue weighted by molar-refractivity contribution is 0.495. The van der Waals surface area contributed by atoms with Gasteiger partial charge in [0, 0.05) is 11.3 Å². The minimum absolute atomic E-state index is 0.0313. The Bertz CT molecular complexity index is 2200. The molecule has 0 heteroatoms. The lowest BCUT2D eigenvalue weighted by Gasteiger charge is -2.35. The number of allylic oxidation sites excluding steroid dienone is 5. The van der Waals surface area contributed by atoms with E-state index < -0.39 is 0 Å². The zero-order valence-corrected chi connectivity index (χ0v) is 25.4. The molecule has 0 bridgehead atoms. The van der Waals surface area contributed by atoms with E-state index >= 15 is 0 Å². The zero-order chi connectivity index (χ0) is 29.0. The van der Waals surface area contributed by atoms with E-state index in [0.717, 1.165) is 6.42 Å². The van der Waals surface area contributed by atoms with Gasteiger partial charge >= 0.3 is 0 Å². The van der Waals surface area contributed by atoms with Crippen molar-refractivity contribution in [3.63, 3.8) is 0 Å². The maximum atomic E-state index is 2.50. The highest BCUT2D eigenvalue weighted by Gasteiger charge is 2.43. The zero-order valence-electron chi connectivity index (χ0n) is 25.4. The van der Waals surface area contributed by atoms with E-state index in [-0.39, 0.29) is 5.41 Å². The molecule has 0 saturated carbocycles. The molecule has 3 aliphatic carbocycles. The summed E-state index contributed by atoms with van der Waals surface area (Å²) in [5.41, 5.74) is 12.8. The van der Waals surface area contributed by atoms with Crippen LogP contribution in [-0.2, 0) is 11.8 Å². The van der Waals surface area contributed by atoms with Crippen LogP contribution in [0.5, 0.6) is 0 Å². The summed E-state index contributed by atoms with van der Waals surface area (Å²) in [5, 5.41) is 8.08. The minimum Gasteiger partial charge on any atom is -0.0808 e. The summed E-state index contributed by atoms with van der Waals surface area (Å²) in [4.78, 5) is 0. The molecule has 43 heavy (non-hydrogen) atoms. The van der Waals surface area contributed by atoms with Crippen LogP contribution >= 0.6 is 0 Å². The van der Waals surface area contributed by atoms with Crippen molar-refractivity contribution in [2.45, 2.75) is 45.4 Å². The summed E-state index contributed by atoms with van der Waals surface area (Å²) >= 11 is 0. The van der Waals surface area contributed by atoms with Gasteiger partial charge in [0.25, 0.3) is 0 Å². The first kappa shape index (κ1) is 25.1. The highest BCUT2D eigenvalue weighted by molar-refractivity contribution is 6.25. The summed E-state index contributed by atoms with van der Waals surface area (Å²) in [6.07, 6.45) is 10.8. The van der Waals surface area contributed by atoms with Gasteiger partial charge in [-0.2, -0.15) is 0 Å². The molecule has 0 aliphatic heterocycles. The summed E-state index contributed by atoms with van der Waals surface area (Å²) in [6, 6.07) is 35.0. The predicted molar refractivity (Wildman–Crippen MR) is 185 cm³/mol. The normalized spacial score (nSPS) is 22.0. The molecule has 0 heterocycles. The van der Waals surface area contributed by atoms with Gasteiger partial charge in [0.05, 0.1) is 0 Å². The fraction of sp³-hybridized carbons (Fsp3) is 0.209. The highest BCUT2D eigenvalue weighted by atomic mass is 14.5. The first-order valence-corrected chi connectivity index (χ1v) is 15.9. The van der Waals surface area contributed by atoms with Crippen LogP contribution in [0, 0.1) is 11.8 Å². The van der Waals surface area contributed by atoms with Crippen molar-refractivity contribution in [2.75, 3.05) is 0 Å². The third kappa shape index (κ3) is 3.50. The van der Waals surface area contributed by atoms with E-state index in [4.69, 9.17) is 0 Å². The molecule has 6 aromatic rings. The molecule has 0 N–H and O–H groups in total. The quantitative estimate of drug-likeness (QED) is 0.187. The first-order valence-electron chi connectivity index (χ1n) is 15.9. The fourth-order valence-corrected chi connectivity index (χ4v) is 8.86. The smallest absolute Gasteiger partial charge is 0.0124 e. The topological polar surface area (TPSA) is 0 Å². The average molecular weight is 553 g/mol. The Kier molecular flexibility index (Phi) is 5.14. The van der Waals surface area contributed by atoms with E-state index in [1.807, 2.05) is 0 Å². The van der Waals surface area contributed by atoms with Gasteiger partial charge in [0.15, 0.2) is 0 Å². The molecule has 3 unspecified atom stereocenters. The Morgan fingerprint density at radius 1 is 0.674 bits per heavy atom. The Hall–Kier alpha value is -4.42. The Balaban J connectivity index is 1.13. The van der Waals surface area contributed by atoms with E-state index in [2.05, 4.69) is 143 Å². The Morgan fingerprint density at radius 3 is 2.26 bits per heavy atom. The van der Waals surface area contributed by atoms with Crippen molar-refractivity contribution >= 4 is 44.0 Å². The highest BCUT2D eigenvalue weighted by Crippen LogP contribution is 2.55. The van der Waals surface area contributed by atoms with Crippen LogP contribution < -0.4 is 0 Å². The van der Waals surface area contributed by atoms with Crippen LogP contribution in [0.25, 0.3) is 55.1 Å². The largest absolute Gasteiger partial charge is 0.0808 e. The van der Waals surface area contributed by atoms with Crippen LogP contribution in [-0.4, -0.2) is 0 Å². The van der Waals surface area contributed by atoms with Gasteiger partial charge < -0.3 is 0 Å². The van der Waals surface area contributed by atoms with E-state index in [1.165, 1.54) is 76.8 Å². The fourth-order valence-electron chi connectivity index (χ4n) is 8.86. The van der Waals surface area contributed by atoms with Crippen molar-refractivity contribution in [3.8, 4) is 11.1 Å². The average Bonchev–Trinajstić information content (AvgIpc) is 3.26. The first-order chi connectivity index (χ1) is 20.9. The lowest BCUT2D eigenvalue weighted by Crippen LogP contribution is -2.26. The molecule has 9 rings (SSSR count). The van der Waals surface area contributed by atoms with Crippen molar-refractivity contribution in [2.24, 2.45) is 11.8 Å². The number of hydrogen-bond acceptors (Lipinski definition) is 0. The molecule has 208 valence electrons. The van der Waals surface area contributed by atoms with Crippen molar-refractivity contribution in [1.82, 2.24) is 0 Å². The maximum Gasteiger partial charge on any atom is 0.0124 e. The van der Waals surface area contributed by atoms with Crippen LogP contribution in [0.1, 0.15) is 61.4 Å². The number of benzene rings is 6. The summed E-state index contributed by atoms with van der Waals surface area (Å²) in [5.74, 6) is 1.45. The molecular formula is C43H36. The Morgan fingerprint density at radius 2 is 1.42 bits per heavy atom. The minimum atomic E-state index is -0.0313. The van der Waals surface area contributed by atoms with Crippen LogP contribution in [0.4, 0.5) is 0 Å². The molecule has 0 fully saturated rings. The summed E-state index contributed by atoms with van der Waals surface area (Å²) in [6.45, 7) is 9.66. The molecule has 3 aliphatic rings. The predicted octanol–water partition coefficient (Wildman–Crippen LogP) is 11.5. The van der Waals surface area contributed by atoms with E-state index in [9.17, 15) is 0 Å². The van der Waals surface area contributed by atoms with Gasteiger partial charge in [0.2, 0.25) is 0 Å². The van der Waals surface area contributed by atoms with E-state index in [0.29, 0.717) is 17.8 Å². The van der Waals surface area contributed by atoms with Crippen LogP contribution in [0.2, 0.25) is 0 Å². The number of fused-ring (bicyclic) bond motifs is 3. The van der Waals surface area contributed by atoms with Gasteiger partial charge in [-0.1, -0.05) is 137 Å². The van der Waals surface area contributed by atoms with Crippen molar-refractivity contribution in [3.05, 3.63) is 143 Å². The van der Waals surface area contributed by atoms with Crippen molar-refractivity contribution in [1.29, 1.82) is 0 Å². The second kappa shape index (κ2) is 8.80. The molecule has 0 aromatic heterocycles. The third-order valence-electron chi connectivity index (χ3n) is 11.0. The van der Waals surface area contributed by atoms with E-state index in [1.54, 1.807) is 5.57 Å². The molecule has 0 nitrogen and oxygen atoms in total. The second-order valence-corrected chi connectivity index (χ2v) is 13.9. The van der Waals surface area contributed by atoms with Gasteiger partial charge in [-0.3, -0.25) is 0 Å².